The van der Waals surface area contributed by atoms with Crippen LogP contribution in [0.3, 0.4) is 0 Å². The zero-order chi connectivity index (χ0) is 21.5. The molecule has 2 amide bonds. The van der Waals surface area contributed by atoms with E-state index in [1.165, 1.54) is 38.9 Å². The highest BCUT2D eigenvalue weighted by Crippen LogP contribution is 2.26. The summed E-state index contributed by atoms with van der Waals surface area (Å²) in [6.07, 6.45) is 3.24. The molecule has 0 bridgehead atoms. The largest absolute Gasteiger partial charge is 0.331 e. The number of carbonyl (C=O) groups is 2. The molecule has 0 unspecified atom stereocenters. The number of hydrogen-bond donors (Lipinski definition) is 1. The van der Waals surface area contributed by atoms with Gasteiger partial charge in [0.25, 0.3) is 11.8 Å². The Bertz CT molecular complexity index is 1190. The van der Waals surface area contributed by atoms with E-state index >= 15 is 0 Å². The molecule has 2 aliphatic rings. The Balaban J connectivity index is 1.33. The minimum absolute atomic E-state index is 0.0617. The van der Waals surface area contributed by atoms with Gasteiger partial charge < -0.3 is 10.2 Å². The Morgan fingerprint density at radius 3 is 2.81 bits per heavy atom. The van der Waals surface area contributed by atoms with Crippen LogP contribution in [-0.2, 0) is 25.9 Å². The number of amides is 2. The molecule has 2 heterocycles. The Hall–Kier alpha value is -3.19. The summed E-state index contributed by atoms with van der Waals surface area (Å²) < 4.78 is 15.7. The average molecular weight is 439 g/mol. The van der Waals surface area contributed by atoms with Crippen molar-refractivity contribution in [2.75, 3.05) is 11.9 Å². The van der Waals surface area contributed by atoms with Gasteiger partial charge in [0.15, 0.2) is 5.69 Å². The van der Waals surface area contributed by atoms with Crippen LogP contribution in [0.15, 0.2) is 42.5 Å². The fourth-order valence-electron chi connectivity index (χ4n) is 4.22. The molecule has 158 valence electrons. The average Bonchev–Trinajstić information content (AvgIpc) is 3.39. The Morgan fingerprint density at radius 1 is 1.13 bits per heavy atom. The van der Waals surface area contributed by atoms with Crippen LogP contribution < -0.4 is 5.32 Å². The predicted octanol–water partition coefficient (Wildman–Crippen LogP) is 4.07. The van der Waals surface area contributed by atoms with Crippen molar-refractivity contribution >= 4 is 29.1 Å². The van der Waals surface area contributed by atoms with Crippen molar-refractivity contribution in [2.24, 2.45) is 0 Å². The van der Waals surface area contributed by atoms with Crippen molar-refractivity contribution in [2.45, 2.75) is 32.4 Å². The van der Waals surface area contributed by atoms with E-state index in [0.717, 1.165) is 24.9 Å². The number of benzene rings is 2. The molecule has 0 spiro atoms. The Morgan fingerprint density at radius 2 is 1.97 bits per heavy atom. The maximum Gasteiger partial charge on any atom is 0.276 e. The number of hydrogen-bond acceptors (Lipinski definition) is 3. The van der Waals surface area contributed by atoms with Crippen LogP contribution in [0.1, 0.15) is 44.1 Å². The van der Waals surface area contributed by atoms with Crippen molar-refractivity contribution < 1.29 is 14.0 Å². The lowest BCUT2D eigenvalue weighted by atomic mass is 10.1. The van der Waals surface area contributed by atoms with Gasteiger partial charge in [0.2, 0.25) is 0 Å². The fraction of sp³-hybridized carbons (Fsp3) is 0.261. The van der Waals surface area contributed by atoms with E-state index in [1.807, 2.05) is 18.2 Å². The number of aromatic nitrogens is 2. The summed E-state index contributed by atoms with van der Waals surface area (Å²) in [4.78, 5) is 27.2. The molecule has 0 saturated heterocycles. The van der Waals surface area contributed by atoms with Crippen molar-refractivity contribution in [1.82, 2.24) is 14.7 Å². The van der Waals surface area contributed by atoms with Crippen molar-refractivity contribution in [3.05, 3.63) is 81.4 Å². The summed E-state index contributed by atoms with van der Waals surface area (Å²) in [6.45, 7) is 0.829. The van der Waals surface area contributed by atoms with Crippen LogP contribution in [0.4, 0.5) is 10.1 Å². The zero-order valence-electron chi connectivity index (χ0n) is 16.7. The number of rotatable bonds is 4. The van der Waals surface area contributed by atoms with Crippen LogP contribution in [-0.4, -0.2) is 33.0 Å². The van der Waals surface area contributed by atoms with Gasteiger partial charge in [0.05, 0.1) is 13.1 Å². The molecule has 0 atom stereocenters. The SMILES string of the molecule is O=C(Nc1ccc2c(c1)CCC2)c1cc2n(n1)CCN(Cc1c(F)cccc1Cl)C2=O. The second-order valence-corrected chi connectivity index (χ2v) is 8.26. The van der Waals surface area contributed by atoms with Gasteiger partial charge >= 0.3 is 0 Å². The fourth-order valence-corrected chi connectivity index (χ4v) is 4.44. The first kappa shape index (κ1) is 19.8. The quantitative estimate of drug-likeness (QED) is 0.667. The van der Waals surface area contributed by atoms with Crippen LogP contribution in [0.2, 0.25) is 5.02 Å². The molecule has 0 fully saturated rings. The molecular weight excluding hydrogens is 419 g/mol. The molecule has 1 aromatic heterocycles. The molecule has 1 N–H and O–H groups in total. The summed E-state index contributed by atoms with van der Waals surface area (Å²) in [5.41, 5.74) is 4.07. The highest BCUT2D eigenvalue weighted by molar-refractivity contribution is 6.31. The molecule has 3 aromatic rings. The monoisotopic (exact) mass is 438 g/mol. The maximum absolute atomic E-state index is 14.1. The molecule has 0 saturated carbocycles. The molecule has 1 aliphatic heterocycles. The van der Waals surface area contributed by atoms with Gasteiger partial charge in [0, 0.05) is 28.9 Å². The van der Waals surface area contributed by atoms with Gasteiger partial charge in [0.1, 0.15) is 11.5 Å². The lowest BCUT2D eigenvalue weighted by Crippen LogP contribution is -2.40. The number of nitrogens with one attached hydrogen (secondary N) is 1. The van der Waals surface area contributed by atoms with E-state index < -0.39 is 5.82 Å². The minimum Gasteiger partial charge on any atom is -0.331 e. The normalized spacial score (nSPS) is 15.0. The van der Waals surface area contributed by atoms with Crippen LogP contribution in [0.25, 0.3) is 0 Å². The maximum atomic E-state index is 14.1. The molecule has 6 nitrogen and oxygen atoms in total. The first-order valence-corrected chi connectivity index (χ1v) is 10.6. The van der Waals surface area contributed by atoms with E-state index in [0.29, 0.717) is 18.8 Å². The summed E-state index contributed by atoms with van der Waals surface area (Å²) in [5, 5.41) is 7.45. The standard InChI is InChI=1S/C23H20ClFN4O2/c24-18-5-2-6-19(25)17(18)13-28-9-10-29-21(23(28)31)12-20(27-29)22(30)26-16-8-7-14-3-1-4-15(14)11-16/h2,5-8,11-12H,1,3-4,9-10,13H2,(H,26,30). The third-order valence-electron chi connectivity index (χ3n) is 5.87. The summed E-state index contributed by atoms with van der Waals surface area (Å²) >= 11 is 6.11. The second-order valence-electron chi connectivity index (χ2n) is 7.86. The topological polar surface area (TPSA) is 67.2 Å². The second kappa shape index (κ2) is 7.81. The van der Waals surface area contributed by atoms with Crippen molar-refractivity contribution in [1.29, 1.82) is 0 Å². The number of nitrogens with zero attached hydrogens (tertiary/aromatic N) is 3. The molecular formula is C23H20ClFN4O2. The van der Waals surface area contributed by atoms with E-state index in [-0.39, 0.29) is 34.6 Å². The Labute approximate surface area is 183 Å². The molecule has 1 aliphatic carbocycles. The molecule has 31 heavy (non-hydrogen) atoms. The third-order valence-corrected chi connectivity index (χ3v) is 6.22. The van der Waals surface area contributed by atoms with Gasteiger partial charge in [-0.3, -0.25) is 14.3 Å². The van der Waals surface area contributed by atoms with Crippen molar-refractivity contribution in [3.63, 3.8) is 0 Å². The van der Waals surface area contributed by atoms with E-state index in [9.17, 15) is 14.0 Å². The van der Waals surface area contributed by atoms with Crippen LogP contribution in [0.5, 0.6) is 0 Å². The summed E-state index contributed by atoms with van der Waals surface area (Å²) in [6, 6.07) is 11.9. The van der Waals surface area contributed by atoms with Gasteiger partial charge in [-0.15, -0.1) is 0 Å². The van der Waals surface area contributed by atoms with Crippen LogP contribution in [0, 0.1) is 5.82 Å². The molecule has 2 aromatic carbocycles. The van der Waals surface area contributed by atoms with Crippen molar-refractivity contribution in [3.8, 4) is 0 Å². The van der Waals surface area contributed by atoms with E-state index in [4.69, 9.17) is 11.6 Å². The number of anilines is 1. The molecule has 5 rings (SSSR count). The van der Waals surface area contributed by atoms with Crippen LogP contribution >= 0.6 is 11.6 Å². The number of aryl methyl sites for hydroxylation is 2. The van der Waals surface area contributed by atoms with E-state index in [1.54, 1.807) is 6.07 Å². The summed E-state index contributed by atoms with van der Waals surface area (Å²) in [5.74, 6) is -1.13. The predicted molar refractivity (Wildman–Crippen MR) is 115 cm³/mol. The van der Waals surface area contributed by atoms with Gasteiger partial charge in [-0.05, 0) is 54.7 Å². The first-order chi connectivity index (χ1) is 15.0. The highest BCUT2D eigenvalue weighted by atomic mass is 35.5. The Kier molecular flexibility index (Phi) is 4.98. The molecule has 0 radical (unpaired) electrons. The number of halogens is 2. The number of carbonyl (C=O) groups excluding carboxylic acids is 2. The lowest BCUT2D eigenvalue weighted by molar-refractivity contribution is 0.0681. The number of fused-ring (bicyclic) bond motifs is 2. The third kappa shape index (κ3) is 3.70. The summed E-state index contributed by atoms with van der Waals surface area (Å²) in [7, 11) is 0. The smallest absolute Gasteiger partial charge is 0.276 e. The van der Waals surface area contributed by atoms with Gasteiger partial charge in [-0.25, -0.2) is 4.39 Å². The van der Waals surface area contributed by atoms with Gasteiger partial charge in [-0.1, -0.05) is 23.7 Å². The lowest BCUT2D eigenvalue weighted by Gasteiger charge is -2.27. The van der Waals surface area contributed by atoms with Gasteiger partial charge in [-0.2, -0.15) is 5.10 Å². The minimum atomic E-state index is -0.450. The zero-order valence-corrected chi connectivity index (χ0v) is 17.5. The first-order valence-electron chi connectivity index (χ1n) is 10.2. The van der Waals surface area contributed by atoms with E-state index in [2.05, 4.69) is 10.4 Å². The highest BCUT2D eigenvalue weighted by Gasteiger charge is 2.29. The molecule has 8 heteroatoms.